The first-order chi connectivity index (χ1) is 10.2. The minimum Gasteiger partial charge on any atom is -0.480 e. The third kappa shape index (κ3) is 3.59. The van der Waals surface area contributed by atoms with Crippen LogP contribution in [0, 0.1) is 0 Å². The maximum atomic E-state index is 12.6. The average Bonchev–Trinajstić information content (AvgIpc) is 2.41. The van der Waals surface area contributed by atoms with Crippen molar-refractivity contribution in [2.45, 2.75) is 25.2 Å². The fourth-order valence-electron chi connectivity index (χ4n) is 2.87. The van der Waals surface area contributed by atoms with Crippen LogP contribution in [0.5, 0.6) is 0 Å². The van der Waals surface area contributed by atoms with Gasteiger partial charge in [0.15, 0.2) is 0 Å². The Hall–Kier alpha value is -1.60. The van der Waals surface area contributed by atoms with Crippen LogP contribution in [0.15, 0.2) is 24.3 Å². The molecule has 0 bridgehead atoms. The van der Waals surface area contributed by atoms with Crippen molar-refractivity contribution in [3.8, 4) is 0 Å². The average molecular weight is 316 g/mol. The van der Waals surface area contributed by atoms with Crippen LogP contribution in [0.3, 0.4) is 0 Å². The molecule has 0 aliphatic carbocycles. The molecule has 0 saturated carbocycles. The van der Waals surface area contributed by atoms with E-state index < -0.39 is 23.8 Å². The number of alkyl halides is 3. The second kappa shape index (κ2) is 6.26. The molecule has 1 aliphatic heterocycles. The molecule has 22 heavy (non-hydrogen) atoms. The molecule has 122 valence electrons. The van der Waals surface area contributed by atoms with E-state index in [2.05, 4.69) is 4.90 Å². The zero-order valence-corrected chi connectivity index (χ0v) is 12.5. The topological polar surface area (TPSA) is 43.8 Å². The van der Waals surface area contributed by atoms with Gasteiger partial charge < -0.3 is 10.0 Å². The minimum atomic E-state index is -4.42. The van der Waals surface area contributed by atoms with Crippen molar-refractivity contribution in [2.75, 3.05) is 26.7 Å². The van der Waals surface area contributed by atoms with E-state index in [1.165, 1.54) is 12.1 Å². The molecule has 0 amide bonds. The summed E-state index contributed by atoms with van der Waals surface area (Å²) in [5, 5.41) is 9.51. The molecule has 1 N–H and O–H groups in total. The molecule has 0 spiro atoms. The fourth-order valence-corrected chi connectivity index (χ4v) is 2.87. The first-order valence-electron chi connectivity index (χ1n) is 7.04. The summed E-state index contributed by atoms with van der Waals surface area (Å²) in [6.45, 7) is 3.95. The first-order valence-corrected chi connectivity index (χ1v) is 7.04. The van der Waals surface area contributed by atoms with Crippen LogP contribution in [-0.4, -0.2) is 53.6 Å². The predicted octanol–water partition coefficient (Wildman–Crippen LogP) is 2.47. The smallest absolute Gasteiger partial charge is 0.416 e. The third-order valence-corrected chi connectivity index (χ3v) is 4.00. The van der Waals surface area contributed by atoms with E-state index in [1.54, 1.807) is 0 Å². The second-order valence-corrected chi connectivity index (χ2v) is 5.71. The molecule has 4 nitrogen and oxygen atoms in total. The van der Waals surface area contributed by atoms with Gasteiger partial charge in [-0.25, -0.2) is 0 Å². The Bertz CT molecular complexity index is 531. The molecule has 1 aromatic carbocycles. The van der Waals surface area contributed by atoms with Crippen molar-refractivity contribution in [3.05, 3.63) is 35.4 Å². The fraction of sp³-hybridized carbons (Fsp3) is 0.533. The van der Waals surface area contributed by atoms with Crippen LogP contribution in [-0.2, 0) is 11.0 Å². The van der Waals surface area contributed by atoms with Gasteiger partial charge in [0.25, 0.3) is 0 Å². The minimum absolute atomic E-state index is 0.0159. The monoisotopic (exact) mass is 316 g/mol. The zero-order chi connectivity index (χ0) is 16.5. The zero-order valence-electron chi connectivity index (χ0n) is 12.5. The summed E-state index contributed by atoms with van der Waals surface area (Å²) in [7, 11) is 1.96. The van der Waals surface area contributed by atoms with Crippen LogP contribution >= 0.6 is 0 Å². The summed E-state index contributed by atoms with van der Waals surface area (Å²) in [6, 6.07) is 3.48. The van der Waals surface area contributed by atoms with Crippen molar-refractivity contribution >= 4 is 5.97 Å². The summed E-state index contributed by atoms with van der Waals surface area (Å²) < 4.78 is 37.8. The molecule has 1 heterocycles. The number of hydrogen-bond acceptors (Lipinski definition) is 3. The Balaban J connectivity index is 2.27. The number of aliphatic carboxylic acids is 1. The molecule has 1 fully saturated rings. The Morgan fingerprint density at radius 2 is 1.86 bits per heavy atom. The lowest BCUT2D eigenvalue weighted by molar-refractivity contribution is -0.145. The number of likely N-dealkylation sites (N-methyl/N-ethyl adjacent to an activating group) is 1. The lowest BCUT2D eigenvalue weighted by Crippen LogP contribution is -2.53. The molecule has 1 aliphatic rings. The lowest BCUT2D eigenvalue weighted by atomic mass is 10.0. The van der Waals surface area contributed by atoms with Gasteiger partial charge in [0.1, 0.15) is 6.04 Å². The van der Waals surface area contributed by atoms with Gasteiger partial charge in [-0.15, -0.1) is 0 Å². The second-order valence-electron chi connectivity index (χ2n) is 5.71. The van der Waals surface area contributed by atoms with Gasteiger partial charge >= 0.3 is 12.1 Å². The maximum Gasteiger partial charge on any atom is 0.416 e. The van der Waals surface area contributed by atoms with Crippen LogP contribution in [0.25, 0.3) is 0 Å². The first kappa shape index (κ1) is 16.8. The Morgan fingerprint density at radius 1 is 1.27 bits per heavy atom. The van der Waals surface area contributed by atoms with Crippen molar-refractivity contribution in [3.63, 3.8) is 0 Å². The number of rotatable bonds is 3. The molecule has 0 radical (unpaired) electrons. The molecule has 1 saturated heterocycles. The number of carboxylic acids is 1. The summed E-state index contributed by atoms with van der Waals surface area (Å²) in [5.41, 5.74) is -0.399. The molecule has 2 atom stereocenters. The number of carbonyl (C=O) groups is 1. The van der Waals surface area contributed by atoms with Gasteiger partial charge in [-0.1, -0.05) is 12.1 Å². The number of halogens is 3. The molecule has 2 unspecified atom stereocenters. The molecule has 1 aromatic rings. The van der Waals surface area contributed by atoms with Gasteiger partial charge in [-0.05, 0) is 31.7 Å². The van der Waals surface area contributed by atoms with E-state index in [4.69, 9.17) is 0 Å². The SMILES string of the molecule is CC1CN(C)CCN1C(C(=O)O)c1ccc(C(F)(F)F)cc1. The summed E-state index contributed by atoms with van der Waals surface area (Å²) in [6.07, 6.45) is -4.42. The van der Waals surface area contributed by atoms with E-state index in [0.29, 0.717) is 12.1 Å². The number of hydrogen-bond donors (Lipinski definition) is 1. The predicted molar refractivity (Wildman–Crippen MR) is 75.5 cm³/mol. The van der Waals surface area contributed by atoms with E-state index >= 15 is 0 Å². The Morgan fingerprint density at radius 3 is 2.32 bits per heavy atom. The van der Waals surface area contributed by atoms with Crippen LogP contribution in [0.2, 0.25) is 0 Å². The van der Waals surface area contributed by atoms with Crippen LogP contribution in [0.4, 0.5) is 13.2 Å². The van der Waals surface area contributed by atoms with E-state index in [0.717, 1.165) is 25.2 Å². The Kier molecular flexibility index (Phi) is 4.77. The van der Waals surface area contributed by atoms with E-state index in [-0.39, 0.29) is 6.04 Å². The maximum absolute atomic E-state index is 12.6. The number of piperazine rings is 1. The number of nitrogens with zero attached hydrogens (tertiary/aromatic N) is 2. The summed E-state index contributed by atoms with van der Waals surface area (Å²) >= 11 is 0. The number of carboxylic acid groups (broad SMARTS) is 1. The van der Waals surface area contributed by atoms with Crippen LogP contribution in [0.1, 0.15) is 24.1 Å². The largest absolute Gasteiger partial charge is 0.480 e. The van der Waals surface area contributed by atoms with Crippen LogP contribution < -0.4 is 0 Å². The highest BCUT2D eigenvalue weighted by molar-refractivity contribution is 5.75. The van der Waals surface area contributed by atoms with Gasteiger partial charge in [-0.3, -0.25) is 9.69 Å². The lowest BCUT2D eigenvalue weighted by Gasteiger charge is -2.41. The normalized spacial score (nSPS) is 22.5. The highest BCUT2D eigenvalue weighted by Crippen LogP contribution is 2.31. The highest BCUT2D eigenvalue weighted by atomic mass is 19.4. The summed E-state index contributed by atoms with van der Waals surface area (Å²) in [4.78, 5) is 15.6. The highest BCUT2D eigenvalue weighted by Gasteiger charge is 2.35. The van der Waals surface area contributed by atoms with Gasteiger partial charge in [0, 0.05) is 25.7 Å². The molecular weight excluding hydrogens is 297 g/mol. The third-order valence-electron chi connectivity index (χ3n) is 4.00. The van der Waals surface area contributed by atoms with Gasteiger partial charge in [-0.2, -0.15) is 13.2 Å². The van der Waals surface area contributed by atoms with Gasteiger partial charge in [0.2, 0.25) is 0 Å². The van der Waals surface area contributed by atoms with Crippen molar-refractivity contribution in [1.82, 2.24) is 9.80 Å². The quantitative estimate of drug-likeness (QED) is 0.930. The number of benzene rings is 1. The van der Waals surface area contributed by atoms with Crippen molar-refractivity contribution < 1.29 is 23.1 Å². The van der Waals surface area contributed by atoms with E-state index in [1.807, 2.05) is 18.9 Å². The van der Waals surface area contributed by atoms with Crippen molar-refractivity contribution in [1.29, 1.82) is 0 Å². The summed E-state index contributed by atoms with van der Waals surface area (Å²) in [5.74, 6) is -1.05. The molecular formula is C15H19F3N2O2. The Labute approximate surface area is 127 Å². The molecule has 7 heteroatoms. The van der Waals surface area contributed by atoms with Gasteiger partial charge in [0.05, 0.1) is 5.56 Å². The van der Waals surface area contributed by atoms with E-state index in [9.17, 15) is 23.1 Å². The molecule has 2 rings (SSSR count). The molecule has 0 aromatic heterocycles. The van der Waals surface area contributed by atoms with Crippen molar-refractivity contribution in [2.24, 2.45) is 0 Å². The standard InChI is InChI=1S/C15H19F3N2O2/c1-10-9-19(2)7-8-20(10)13(14(21)22)11-3-5-12(6-4-11)15(16,17)18/h3-6,10,13H,7-9H2,1-2H3,(H,21,22).